The van der Waals surface area contributed by atoms with Crippen molar-refractivity contribution in [3.05, 3.63) is 11.3 Å². The van der Waals surface area contributed by atoms with E-state index in [1.807, 2.05) is 0 Å². The first-order valence-corrected chi connectivity index (χ1v) is 3.90. The molecule has 11 heavy (non-hydrogen) atoms. The van der Waals surface area contributed by atoms with Gasteiger partial charge >= 0.3 is 0 Å². The van der Waals surface area contributed by atoms with Crippen LogP contribution in [0.1, 0.15) is 19.3 Å². The van der Waals surface area contributed by atoms with Crippen molar-refractivity contribution in [1.82, 2.24) is 0 Å². The van der Waals surface area contributed by atoms with Crippen molar-refractivity contribution >= 4 is 24.1 Å². The quantitative estimate of drug-likeness (QED) is 0.367. The SMILES string of the molecule is NC=NC1=C(C(=O)S)CCC1. The molecule has 3 nitrogen and oxygen atoms in total. The van der Waals surface area contributed by atoms with Crippen LogP contribution in [0.5, 0.6) is 0 Å². The monoisotopic (exact) mass is 170 g/mol. The fourth-order valence-electron chi connectivity index (χ4n) is 1.19. The normalized spacial score (nSPS) is 18.3. The summed E-state index contributed by atoms with van der Waals surface area (Å²) in [6.07, 6.45) is 3.83. The summed E-state index contributed by atoms with van der Waals surface area (Å²) in [7, 11) is 0. The van der Waals surface area contributed by atoms with Crippen LogP contribution in [0.2, 0.25) is 0 Å². The van der Waals surface area contributed by atoms with Crippen LogP contribution in [-0.2, 0) is 4.79 Å². The molecule has 0 atom stereocenters. The molecular weight excluding hydrogens is 160 g/mol. The Balaban J connectivity index is 2.86. The number of hydrogen-bond acceptors (Lipinski definition) is 2. The second-order valence-corrected chi connectivity index (χ2v) is 2.77. The van der Waals surface area contributed by atoms with Crippen molar-refractivity contribution in [2.24, 2.45) is 10.7 Å². The molecule has 0 unspecified atom stereocenters. The lowest BCUT2D eigenvalue weighted by molar-refractivity contribution is -0.107. The highest BCUT2D eigenvalue weighted by Crippen LogP contribution is 2.27. The summed E-state index contributed by atoms with van der Waals surface area (Å²) in [5.41, 5.74) is 6.62. The number of thiol groups is 1. The van der Waals surface area contributed by atoms with E-state index < -0.39 is 0 Å². The summed E-state index contributed by atoms with van der Waals surface area (Å²) >= 11 is 3.73. The lowest BCUT2D eigenvalue weighted by atomic mass is 10.2. The molecule has 0 heterocycles. The maximum absolute atomic E-state index is 10.8. The third kappa shape index (κ3) is 1.83. The van der Waals surface area contributed by atoms with Crippen molar-refractivity contribution in [1.29, 1.82) is 0 Å². The Bertz CT molecular complexity index is 233. The molecular formula is C7H10N2OS. The molecule has 0 spiro atoms. The summed E-state index contributed by atoms with van der Waals surface area (Å²) in [5.74, 6) is 0. The van der Waals surface area contributed by atoms with Gasteiger partial charge in [-0.15, -0.1) is 12.6 Å². The van der Waals surface area contributed by atoms with E-state index >= 15 is 0 Å². The minimum Gasteiger partial charge on any atom is -0.390 e. The number of carbonyl (C=O) groups is 1. The molecule has 2 N–H and O–H groups in total. The lowest BCUT2D eigenvalue weighted by Crippen LogP contribution is -1.94. The number of nitrogens with zero attached hydrogens (tertiary/aromatic N) is 1. The first-order chi connectivity index (χ1) is 5.25. The maximum Gasteiger partial charge on any atom is 0.214 e. The van der Waals surface area contributed by atoms with E-state index in [1.165, 1.54) is 6.34 Å². The summed E-state index contributed by atoms with van der Waals surface area (Å²) in [6, 6.07) is 0. The van der Waals surface area contributed by atoms with E-state index in [2.05, 4.69) is 17.6 Å². The van der Waals surface area contributed by atoms with Crippen LogP contribution in [0.25, 0.3) is 0 Å². The smallest absolute Gasteiger partial charge is 0.214 e. The number of aliphatic imine (C=N–C) groups is 1. The zero-order chi connectivity index (χ0) is 8.27. The number of rotatable bonds is 2. The van der Waals surface area contributed by atoms with Crippen molar-refractivity contribution in [2.75, 3.05) is 0 Å². The lowest BCUT2D eigenvalue weighted by Gasteiger charge is -1.94. The molecule has 1 rings (SSSR count). The zero-order valence-corrected chi connectivity index (χ0v) is 6.97. The van der Waals surface area contributed by atoms with E-state index in [0.717, 1.165) is 30.5 Å². The third-order valence-corrected chi connectivity index (χ3v) is 1.95. The minimum atomic E-state index is -0.178. The first-order valence-electron chi connectivity index (χ1n) is 3.45. The third-order valence-electron chi connectivity index (χ3n) is 1.68. The zero-order valence-electron chi connectivity index (χ0n) is 6.08. The van der Waals surface area contributed by atoms with Gasteiger partial charge in [0, 0.05) is 11.3 Å². The van der Waals surface area contributed by atoms with Crippen molar-refractivity contribution < 1.29 is 4.79 Å². The molecule has 60 valence electrons. The van der Waals surface area contributed by atoms with Gasteiger partial charge in [-0.2, -0.15) is 0 Å². The summed E-state index contributed by atoms with van der Waals surface area (Å²) in [4.78, 5) is 14.7. The van der Waals surface area contributed by atoms with E-state index in [4.69, 9.17) is 5.73 Å². The highest BCUT2D eigenvalue weighted by Gasteiger charge is 2.17. The molecule has 0 aromatic rings. The van der Waals surface area contributed by atoms with Gasteiger partial charge in [0.15, 0.2) is 0 Å². The van der Waals surface area contributed by atoms with Gasteiger partial charge < -0.3 is 5.73 Å². The van der Waals surface area contributed by atoms with Gasteiger partial charge in [0.2, 0.25) is 5.12 Å². The molecule has 0 aromatic heterocycles. The number of allylic oxidation sites excluding steroid dienone is 1. The van der Waals surface area contributed by atoms with Gasteiger partial charge in [0.1, 0.15) is 0 Å². The van der Waals surface area contributed by atoms with Gasteiger partial charge in [0.25, 0.3) is 0 Å². The second-order valence-electron chi connectivity index (χ2n) is 2.36. The molecule has 0 saturated heterocycles. The molecule has 1 aliphatic rings. The number of carbonyl (C=O) groups excluding carboxylic acids is 1. The molecule has 0 bridgehead atoms. The molecule has 0 fully saturated rings. The highest BCUT2D eigenvalue weighted by atomic mass is 32.1. The van der Waals surface area contributed by atoms with Crippen LogP contribution in [-0.4, -0.2) is 11.5 Å². The topological polar surface area (TPSA) is 55.4 Å². The predicted molar refractivity (Wildman–Crippen MR) is 47.5 cm³/mol. The number of nitrogens with two attached hydrogens (primary N) is 1. The van der Waals surface area contributed by atoms with Crippen LogP contribution in [0.3, 0.4) is 0 Å². The van der Waals surface area contributed by atoms with Crippen LogP contribution < -0.4 is 5.73 Å². The predicted octanol–water partition coefficient (Wildman–Crippen LogP) is 0.868. The molecule has 4 heteroatoms. The van der Waals surface area contributed by atoms with E-state index in [0.29, 0.717) is 0 Å². The standard InChI is InChI=1S/C7H10N2OS/c8-4-9-6-3-1-2-5(6)7(10)11/h4H,1-3H2,(H2,8,9)(H,10,11). The molecule has 0 aromatic carbocycles. The van der Waals surface area contributed by atoms with Crippen LogP contribution in [0.4, 0.5) is 0 Å². The van der Waals surface area contributed by atoms with Crippen molar-refractivity contribution in [3.8, 4) is 0 Å². The van der Waals surface area contributed by atoms with Crippen LogP contribution in [0.15, 0.2) is 16.3 Å². The Labute approximate surface area is 70.8 Å². The molecule has 0 amide bonds. The number of hydrogen-bond donors (Lipinski definition) is 2. The molecule has 0 saturated carbocycles. The fraction of sp³-hybridized carbons (Fsp3) is 0.429. The van der Waals surface area contributed by atoms with Crippen LogP contribution >= 0.6 is 12.6 Å². The van der Waals surface area contributed by atoms with Gasteiger partial charge in [-0.3, -0.25) is 4.79 Å². The summed E-state index contributed by atoms with van der Waals surface area (Å²) < 4.78 is 0. The van der Waals surface area contributed by atoms with Gasteiger partial charge in [-0.05, 0) is 19.3 Å². The second kappa shape index (κ2) is 3.57. The Morgan fingerprint density at radius 1 is 1.64 bits per heavy atom. The largest absolute Gasteiger partial charge is 0.390 e. The summed E-state index contributed by atoms with van der Waals surface area (Å²) in [6.45, 7) is 0. The molecule has 0 aliphatic heterocycles. The Morgan fingerprint density at radius 2 is 2.36 bits per heavy atom. The Hall–Kier alpha value is -0.770. The Morgan fingerprint density at radius 3 is 2.91 bits per heavy atom. The van der Waals surface area contributed by atoms with Crippen molar-refractivity contribution in [3.63, 3.8) is 0 Å². The van der Waals surface area contributed by atoms with E-state index in [1.54, 1.807) is 0 Å². The molecule has 1 aliphatic carbocycles. The average molecular weight is 170 g/mol. The highest BCUT2D eigenvalue weighted by molar-refractivity contribution is 7.97. The van der Waals surface area contributed by atoms with Gasteiger partial charge in [0.05, 0.1) is 6.34 Å². The summed E-state index contributed by atoms with van der Waals surface area (Å²) in [5, 5.41) is -0.178. The van der Waals surface area contributed by atoms with Gasteiger partial charge in [-0.1, -0.05) is 0 Å². The maximum atomic E-state index is 10.8. The van der Waals surface area contributed by atoms with Crippen molar-refractivity contribution in [2.45, 2.75) is 19.3 Å². The van der Waals surface area contributed by atoms with E-state index in [9.17, 15) is 4.79 Å². The van der Waals surface area contributed by atoms with E-state index in [-0.39, 0.29) is 5.12 Å². The fourth-order valence-corrected chi connectivity index (χ4v) is 1.43. The first kappa shape index (κ1) is 8.33. The van der Waals surface area contributed by atoms with Crippen LogP contribution in [0, 0.1) is 0 Å². The average Bonchev–Trinajstić information content (AvgIpc) is 2.36. The van der Waals surface area contributed by atoms with Gasteiger partial charge in [-0.25, -0.2) is 4.99 Å². The minimum absolute atomic E-state index is 0.178. The molecule has 0 radical (unpaired) electrons. The Kier molecular flexibility index (Phi) is 2.70.